The van der Waals surface area contributed by atoms with Crippen LogP contribution < -0.4 is 10.5 Å². The third-order valence-corrected chi connectivity index (χ3v) is 2.81. The Hall–Kier alpha value is -2.34. The molecule has 0 amide bonds. The monoisotopic (exact) mass is 288 g/mol. The molecule has 0 unspecified atom stereocenters. The van der Waals surface area contributed by atoms with Crippen LogP contribution in [0.2, 0.25) is 0 Å². The van der Waals surface area contributed by atoms with Crippen LogP contribution >= 0.6 is 12.2 Å². The van der Waals surface area contributed by atoms with Crippen LogP contribution in [0, 0.1) is 4.77 Å². The van der Waals surface area contributed by atoms with Gasteiger partial charge in [0.25, 0.3) is 0 Å². The summed E-state index contributed by atoms with van der Waals surface area (Å²) in [6, 6.07) is 0. The third kappa shape index (κ3) is 3.58. The molecule has 1 aliphatic heterocycles. The van der Waals surface area contributed by atoms with Crippen LogP contribution in [0.1, 0.15) is 6.92 Å². The summed E-state index contributed by atoms with van der Waals surface area (Å²) >= 11 is 4.87. The molecule has 104 valence electrons. The number of nitrogen functional groups attached to an aromatic ring is 1. The van der Waals surface area contributed by atoms with Gasteiger partial charge < -0.3 is 20.4 Å². The Kier molecular flexibility index (Phi) is 4.37. The van der Waals surface area contributed by atoms with Gasteiger partial charge in [0.1, 0.15) is 12.4 Å². The van der Waals surface area contributed by atoms with Crippen molar-refractivity contribution in [3.05, 3.63) is 59.4 Å². The summed E-state index contributed by atoms with van der Waals surface area (Å²) < 4.78 is 5.94. The van der Waals surface area contributed by atoms with E-state index in [2.05, 4.69) is 16.5 Å². The largest absolute Gasteiger partial charge is 0.484 e. The van der Waals surface area contributed by atoms with E-state index in [-0.39, 0.29) is 0 Å². The molecular weight excluding hydrogens is 272 g/mol. The van der Waals surface area contributed by atoms with Crippen LogP contribution in [0.25, 0.3) is 0 Å². The van der Waals surface area contributed by atoms with Gasteiger partial charge in [-0.25, -0.2) is 4.98 Å². The maximum atomic E-state index is 5.76. The number of rotatable bonds is 4. The number of H-pyrrole nitrogens is 1. The Balaban J connectivity index is 1.99. The van der Waals surface area contributed by atoms with E-state index >= 15 is 0 Å². The fourth-order valence-electron chi connectivity index (χ4n) is 1.59. The van der Waals surface area contributed by atoms with Crippen molar-refractivity contribution in [1.29, 1.82) is 0 Å². The minimum absolute atomic E-state index is 0.337. The number of nitrogens with one attached hydrogen (secondary N) is 1. The molecule has 0 atom stereocenters. The first-order chi connectivity index (χ1) is 9.56. The van der Waals surface area contributed by atoms with Gasteiger partial charge in [0.15, 0.2) is 10.5 Å². The average Bonchev–Trinajstić information content (AvgIpc) is 2.40. The molecule has 1 aliphatic rings. The zero-order valence-electron chi connectivity index (χ0n) is 11.2. The molecule has 0 radical (unpaired) electrons. The van der Waals surface area contributed by atoms with Gasteiger partial charge in [0.05, 0.1) is 6.20 Å². The van der Waals surface area contributed by atoms with E-state index in [0.717, 1.165) is 11.3 Å². The lowest BCUT2D eigenvalue weighted by Crippen LogP contribution is -2.11. The summed E-state index contributed by atoms with van der Waals surface area (Å²) in [6.45, 7) is 6.31. The zero-order chi connectivity index (χ0) is 14.5. The molecule has 5 nitrogen and oxygen atoms in total. The van der Waals surface area contributed by atoms with Crippen molar-refractivity contribution in [3.8, 4) is 5.75 Å². The van der Waals surface area contributed by atoms with E-state index in [1.165, 1.54) is 6.20 Å². The second-order valence-electron chi connectivity index (χ2n) is 4.33. The van der Waals surface area contributed by atoms with Crippen molar-refractivity contribution in [2.75, 3.05) is 12.3 Å². The number of nitrogens with zero attached hydrogens (tertiary/aromatic N) is 2. The molecule has 2 rings (SSSR count). The molecule has 0 fully saturated rings. The number of aromatic nitrogens is 2. The molecule has 2 heterocycles. The summed E-state index contributed by atoms with van der Waals surface area (Å²) in [5.41, 5.74) is 7.68. The summed E-state index contributed by atoms with van der Waals surface area (Å²) in [5.74, 6) is 0.863. The molecule has 0 aromatic carbocycles. The summed E-state index contributed by atoms with van der Waals surface area (Å²) in [4.78, 5) is 8.61. The standard InChI is InChI=1S/C14H16N4OS/c1-10(8-18-6-4-3-5-11(18)2)9-19-12-7-16-14(20)17-13(12)15/h3-8H,2,9H2,1H3,(H3,15,16,17,20)/b10-8+. The van der Waals surface area contributed by atoms with Gasteiger partial charge in [0.2, 0.25) is 0 Å². The van der Waals surface area contributed by atoms with E-state index in [1.807, 2.05) is 42.5 Å². The Morgan fingerprint density at radius 3 is 3.10 bits per heavy atom. The van der Waals surface area contributed by atoms with E-state index in [0.29, 0.717) is 22.9 Å². The maximum absolute atomic E-state index is 5.76. The first-order valence-electron chi connectivity index (χ1n) is 6.03. The summed E-state index contributed by atoms with van der Waals surface area (Å²) in [7, 11) is 0. The van der Waals surface area contributed by atoms with Crippen molar-refractivity contribution >= 4 is 18.0 Å². The minimum atomic E-state index is 0.337. The quantitative estimate of drug-likeness (QED) is 0.834. The Morgan fingerprint density at radius 1 is 1.60 bits per heavy atom. The van der Waals surface area contributed by atoms with Crippen molar-refractivity contribution in [1.82, 2.24) is 14.9 Å². The second-order valence-corrected chi connectivity index (χ2v) is 4.72. The van der Waals surface area contributed by atoms with Gasteiger partial charge >= 0.3 is 0 Å². The number of nitrogens with two attached hydrogens (primary N) is 1. The predicted octanol–water partition coefficient (Wildman–Crippen LogP) is 2.90. The van der Waals surface area contributed by atoms with Gasteiger partial charge in [0, 0.05) is 18.1 Å². The average molecular weight is 288 g/mol. The molecule has 0 saturated carbocycles. The highest BCUT2D eigenvalue weighted by molar-refractivity contribution is 7.71. The maximum Gasteiger partial charge on any atom is 0.198 e. The van der Waals surface area contributed by atoms with Crippen LogP contribution in [0.15, 0.2) is 54.7 Å². The molecule has 6 heteroatoms. The van der Waals surface area contributed by atoms with Crippen LogP contribution in [-0.2, 0) is 0 Å². The van der Waals surface area contributed by atoms with Crippen molar-refractivity contribution in [2.45, 2.75) is 6.92 Å². The van der Waals surface area contributed by atoms with Gasteiger partial charge in [-0.05, 0) is 36.9 Å². The SMILES string of the molecule is C=C1C=CC=CN1/C=C(\C)COc1cnc(=S)[nH]c1N. The van der Waals surface area contributed by atoms with Crippen LogP contribution in [0.5, 0.6) is 5.75 Å². The van der Waals surface area contributed by atoms with E-state index in [1.54, 1.807) is 0 Å². The number of aromatic amines is 1. The Morgan fingerprint density at radius 2 is 2.40 bits per heavy atom. The first-order valence-corrected chi connectivity index (χ1v) is 6.44. The summed E-state index contributed by atoms with van der Waals surface area (Å²) in [5, 5.41) is 0. The molecule has 0 spiro atoms. The molecular formula is C14H16N4OS. The highest BCUT2D eigenvalue weighted by Crippen LogP contribution is 2.17. The zero-order valence-corrected chi connectivity index (χ0v) is 12.0. The van der Waals surface area contributed by atoms with Crippen LogP contribution in [0.3, 0.4) is 0 Å². The molecule has 1 aromatic heterocycles. The Bertz CT molecular complexity index is 657. The van der Waals surface area contributed by atoms with Crippen molar-refractivity contribution in [3.63, 3.8) is 0 Å². The summed E-state index contributed by atoms with van der Waals surface area (Å²) in [6.07, 6.45) is 11.2. The van der Waals surface area contributed by atoms with Gasteiger partial charge in [-0.3, -0.25) is 0 Å². The van der Waals surface area contributed by atoms with Gasteiger partial charge in [-0.2, -0.15) is 0 Å². The highest BCUT2D eigenvalue weighted by atomic mass is 32.1. The smallest absolute Gasteiger partial charge is 0.198 e. The van der Waals surface area contributed by atoms with Gasteiger partial charge in [-0.1, -0.05) is 12.7 Å². The predicted molar refractivity (Wildman–Crippen MR) is 82.3 cm³/mol. The molecule has 0 aliphatic carbocycles. The normalized spacial score (nSPS) is 14.8. The topological polar surface area (TPSA) is 67.2 Å². The van der Waals surface area contributed by atoms with Crippen LogP contribution in [-0.4, -0.2) is 21.5 Å². The second kappa shape index (κ2) is 6.21. The lowest BCUT2D eigenvalue weighted by atomic mass is 10.2. The van der Waals surface area contributed by atoms with E-state index in [9.17, 15) is 0 Å². The fourth-order valence-corrected chi connectivity index (χ4v) is 1.76. The van der Waals surface area contributed by atoms with E-state index in [4.69, 9.17) is 22.7 Å². The highest BCUT2D eigenvalue weighted by Gasteiger charge is 2.04. The number of allylic oxidation sites excluding steroid dienone is 3. The number of hydrogen-bond donors (Lipinski definition) is 2. The van der Waals surface area contributed by atoms with Crippen LogP contribution in [0.4, 0.5) is 5.82 Å². The first kappa shape index (κ1) is 14.1. The molecule has 0 bridgehead atoms. The van der Waals surface area contributed by atoms with E-state index < -0.39 is 0 Å². The third-order valence-electron chi connectivity index (χ3n) is 2.60. The molecule has 0 saturated heterocycles. The molecule has 1 aromatic rings. The number of ether oxygens (including phenoxy) is 1. The van der Waals surface area contributed by atoms with Crippen molar-refractivity contribution in [2.24, 2.45) is 0 Å². The molecule has 20 heavy (non-hydrogen) atoms. The lowest BCUT2D eigenvalue weighted by molar-refractivity contribution is 0.348. The lowest BCUT2D eigenvalue weighted by Gasteiger charge is -2.19. The Labute approximate surface area is 122 Å². The fraction of sp³-hybridized carbons (Fsp3) is 0.143. The number of anilines is 1. The molecule has 3 N–H and O–H groups in total. The van der Waals surface area contributed by atoms with Gasteiger partial charge in [-0.15, -0.1) is 0 Å². The minimum Gasteiger partial charge on any atom is -0.484 e. The number of hydrogen-bond acceptors (Lipinski definition) is 5. The van der Waals surface area contributed by atoms with Crippen molar-refractivity contribution < 1.29 is 4.74 Å².